The maximum atomic E-state index is 3.10. The first-order chi connectivity index (χ1) is 4.79. The van der Waals surface area contributed by atoms with Crippen molar-refractivity contribution in [2.75, 3.05) is 14.1 Å². The van der Waals surface area contributed by atoms with Crippen LogP contribution in [0.1, 0.15) is 5.56 Å². The number of halogens is 2. The summed E-state index contributed by atoms with van der Waals surface area (Å²) in [5.74, 6) is 0. The van der Waals surface area contributed by atoms with Crippen molar-refractivity contribution >= 4 is 6.21 Å². The van der Waals surface area contributed by atoms with Gasteiger partial charge in [-0.3, -0.25) is 4.58 Å². The number of hydrogen-bond acceptors (Lipinski definition) is 0. The molecule has 0 atom stereocenters. The van der Waals surface area contributed by atoms with Gasteiger partial charge in [0, 0.05) is 0 Å². The average molecular weight is 401 g/mol. The van der Waals surface area contributed by atoms with E-state index in [2.05, 4.69) is 6.07 Å². The number of nitrogens with zero attached hydrogens (tertiary/aromatic N) is 1. The summed E-state index contributed by atoms with van der Waals surface area (Å²) in [6.07, 6.45) is 2.03. The van der Waals surface area contributed by atoms with Crippen molar-refractivity contribution < 1.29 is 51.8 Å². The van der Waals surface area contributed by atoms with Crippen LogP contribution in [-0.2, 0) is 22.4 Å². The Bertz CT molecular complexity index is 233. The van der Waals surface area contributed by atoms with E-state index < -0.39 is 0 Å². The first-order valence-corrected chi connectivity index (χ1v) is 3.27. The zero-order valence-corrected chi connectivity index (χ0v) is 11.1. The van der Waals surface area contributed by atoms with Crippen LogP contribution in [0.3, 0.4) is 0 Å². The first-order valence-electron chi connectivity index (χ1n) is 3.27. The van der Waals surface area contributed by atoms with Crippen LogP contribution in [0.25, 0.3) is 0 Å². The van der Waals surface area contributed by atoms with Crippen LogP contribution >= 0.6 is 0 Å². The summed E-state index contributed by atoms with van der Waals surface area (Å²) >= 11 is 0. The predicted molar refractivity (Wildman–Crippen MR) is 42.6 cm³/mol. The third-order valence-corrected chi connectivity index (χ3v) is 1.13. The molecule has 0 radical (unpaired) electrons. The fraction of sp³-hybridized carbons (Fsp3) is 0.222. The Kier molecular flexibility index (Phi) is 15.0. The summed E-state index contributed by atoms with van der Waals surface area (Å²) in [6, 6.07) is 11.0. The fourth-order valence-corrected chi connectivity index (χ4v) is 0.766. The average Bonchev–Trinajstić information content (AvgIpc) is 1.88. The smallest absolute Gasteiger partial charge is 1.00 e. The molecule has 1 nitrogen and oxygen atoms in total. The van der Waals surface area contributed by atoms with Gasteiger partial charge in [-0.1, -0.05) is 5.56 Å². The molecule has 1 aromatic carbocycles. The van der Waals surface area contributed by atoms with Gasteiger partial charge in [-0.15, -0.1) is 30.3 Å². The Morgan fingerprint density at radius 1 is 1.23 bits per heavy atom. The van der Waals surface area contributed by atoms with Gasteiger partial charge in [0.15, 0.2) is 0 Å². The van der Waals surface area contributed by atoms with Crippen LogP contribution < -0.4 is 24.8 Å². The minimum atomic E-state index is 0. The molecule has 0 aliphatic rings. The van der Waals surface area contributed by atoms with E-state index in [0.717, 1.165) is 5.56 Å². The Morgan fingerprint density at radius 3 is 2.23 bits per heavy atom. The number of rotatable bonds is 1. The molecule has 1 aromatic rings. The van der Waals surface area contributed by atoms with Gasteiger partial charge >= 0.3 is 22.4 Å². The van der Waals surface area contributed by atoms with E-state index in [1.165, 1.54) is 0 Å². The van der Waals surface area contributed by atoms with Crippen molar-refractivity contribution in [3.8, 4) is 0 Å². The Balaban J connectivity index is -0.000000333. The fourth-order valence-electron chi connectivity index (χ4n) is 0.766. The van der Waals surface area contributed by atoms with Crippen LogP contribution in [0.15, 0.2) is 24.3 Å². The van der Waals surface area contributed by atoms with Gasteiger partial charge in [-0.2, -0.15) is 0 Å². The monoisotopic (exact) mass is 400 g/mol. The van der Waals surface area contributed by atoms with E-state index in [9.17, 15) is 0 Å². The molecule has 0 bridgehead atoms. The summed E-state index contributed by atoms with van der Waals surface area (Å²) in [7, 11) is 4.00. The maximum absolute atomic E-state index is 3.10. The molecule has 0 aliphatic heterocycles. The van der Waals surface area contributed by atoms with Crippen molar-refractivity contribution in [2.24, 2.45) is 0 Å². The molecular formula is C9H11AuCl2N+. The first kappa shape index (κ1) is 18.9. The summed E-state index contributed by atoms with van der Waals surface area (Å²) in [5, 5.41) is 0. The molecule has 0 heterocycles. The van der Waals surface area contributed by atoms with Crippen molar-refractivity contribution in [1.82, 2.24) is 0 Å². The zero-order chi connectivity index (χ0) is 7.40. The normalized spacial score (nSPS) is 6.92. The van der Waals surface area contributed by atoms with E-state index in [1.54, 1.807) is 0 Å². The van der Waals surface area contributed by atoms with Gasteiger partial charge in [0.05, 0.1) is 6.21 Å². The minimum Gasteiger partial charge on any atom is -1.00 e. The molecule has 0 aliphatic carbocycles. The van der Waals surface area contributed by atoms with Gasteiger partial charge in [-0.05, 0) is 0 Å². The van der Waals surface area contributed by atoms with E-state index >= 15 is 0 Å². The van der Waals surface area contributed by atoms with Crippen LogP contribution in [0, 0.1) is 6.07 Å². The van der Waals surface area contributed by atoms with Crippen molar-refractivity contribution in [1.29, 1.82) is 0 Å². The van der Waals surface area contributed by atoms with Crippen molar-refractivity contribution in [3.63, 3.8) is 0 Å². The van der Waals surface area contributed by atoms with Gasteiger partial charge in [0.25, 0.3) is 0 Å². The van der Waals surface area contributed by atoms with Crippen LogP contribution in [0.5, 0.6) is 0 Å². The van der Waals surface area contributed by atoms with Gasteiger partial charge in [-0.25, -0.2) is 0 Å². The van der Waals surface area contributed by atoms with E-state index in [-0.39, 0.29) is 47.2 Å². The molecule has 1 rings (SSSR count). The van der Waals surface area contributed by atoms with Crippen LogP contribution in [-0.4, -0.2) is 24.9 Å². The molecule has 76 valence electrons. The largest absolute Gasteiger partial charge is 3.00 e. The molecule has 0 spiro atoms. The molecule has 0 unspecified atom stereocenters. The Hall–Kier alpha value is 0.210. The third-order valence-electron chi connectivity index (χ3n) is 1.13. The van der Waals surface area contributed by atoms with Crippen molar-refractivity contribution in [3.05, 3.63) is 35.9 Å². The topological polar surface area (TPSA) is 3.01 Å². The second kappa shape index (κ2) is 10.3. The molecule has 0 saturated carbocycles. The number of hydrogen-bond donors (Lipinski definition) is 0. The molecule has 0 N–H and O–H groups in total. The van der Waals surface area contributed by atoms with E-state index in [1.807, 2.05) is 49.2 Å². The quantitative estimate of drug-likeness (QED) is 0.193. The summed E-state index contributed by atoms with van der Waals surface area (Å²) < 4.78 is 2.01. The van der Waals surface area contributed by atoms with Gasteiger partial charge < -0.3 is 24.8 Å². The SMILES string of the molecule is C[N+](C)=Cc1[c-]cccc1.[Au+3].[Cl-].[Cl-]. The van der Waals surface area contributed by atoms with E-state index in [0.29, 0.717) is 0 Å². The summed E-state index contributed by atoms with van der Waals surface area (Å²) in [4.78, 5) is 0. The molecular weight excluding hydrogens is 390 g/mol. The zero-order valence-electron chi connectivity index (χ0n) is 7.39. The molecule has 0 saturated heterocycles. The molecule has 0 aromatic heterocycles. The number of benzene rings is 1. The van der Waals surface area contributed by atoms with Gasteiger partial charge in [0.1, 0.15) is 14.1 Å². The van der Waals surface area contributed by atoms with Crippen LogP contribution in [0.2, 0.25) is 0 Å². The Labute approximate surface area is 108 Å². The van der Waals surface area contributed by atoms with Crippen LogP contribution in [0.4, 0.5) is 0 Å². The van der Waals surface area contributed by atoms with Gasteiger partial charge in [0.2, 0.25) is 0 Å². The second-order valence-corrected chi connectivity index (χ2v) is 2.41. The van der Waals surface area contributed by atoms with E-state index in [4.69, 9.17) is 0 Å². The Morgan fingerprint density at radius 2 is 1.85 bits per heavy atom. The standard InChI is InChI=1S/C9H11N.Au.2ClH/c1-10(2)8-9-6-4-3-5-7-9;;;/h3-6,8H,1-2H3;;2*1H/q;+3;;/p-2. The summed E-state index contributed by atoms with van der Waals surface area (Å²) in [5.41, 5.74) is 1.12. The predicted octanol–water partition coefficient (Wildman–Crippen LogP) is -4.82. The minimum absolute atomic E-state index is 0. The molecule has 13 heavy (non-hydrogen) atoms. The second-order valence-electron chi connectivity index (χ2n) is 2.41. The third kappa shape index (κ3) is 8.54. The molecule has 0 amide bonds. The van der Waals surface area contributed by atoms with Crippen molar-refractivity contribution in [2.45, 2.75) is 0 Å². The maximum Gasteiger partial charge on any atom is 3.00 e. The molecule has 0 fully saturated rings. The molecule has 4 heteroatoms. The summed E-state index contributed by atoms with van der Waals surface area (Å²) in [6.45, 7) is 0.